The number of amides is 5. The van der Waals surface area contributed by atoms with Gasteiger partial charge >= 0.3 is 18.2 Å². The molecular weight excluding hydrogens is 964 g/mol. The monoisotopic (exact) mass is 1040 g/mol. The largest absolute Gasteiger partial charge is 0.464 e. The smallest absolute Gasteiger partial charge is 0.406 e. The second-order valence-electron chi connectivity index (χ2n) is 21.7. The van der Waals surface area contributed by atoms with E-state index in [1.807, 2.05) is 45.6 Å². The number of pyridine rings is 1. The van der Waals surface area contributed by atoms with Gasteiger partial charge in [-0.1, -0.05) is 40.3 Å². The van der Waals surface area contributed by atoms with Gasteiger partial charge in [-0.2, -0.15) is 13.2 Å². The standard InChI is InChI=1S/C53H72F3N9O9/c1-10-43(66)63-29-52(74-34(63)5)17-21-62(22-18-52)50(70)60(8)45(32(2)3)47(67)58-40-27-61-23-24-72-42(28-61)35-15-16-41-37(25-35)38(26-51(6,7)31-73-49(69)39-14-12-20-65(59-39)48(40)68)46(64(41)30-53(54,55)56)36-13-11-19-57-44(36)33(4)71-9/h10-11,13,15-16,19,25,32-34,39-40,42,45,59H,1,12,14,17-18,20-24,26-31H2,2-9H3,(H,58,67)/t33-,34+,39-,40-,42+,45-/m0/s1. The molecule has 0 saturated carbocycles. The predicted octanol–water partition coefficient (Wildman–Crippen LogP) is 5.75. The predicted molar refractivity (Wildman–Crippen MR) is 268 cm³/mol. The molecule has 4 saturated heterocycles. The first-order valence-corrected chi connectivity index (χ1v) is 25.7. The average Bonchev–Trinajstić information content (AvgIpc) is 3.85. The van der Waals surface area contributed by atoms with Crippen molar-refractivity contribution < 1.29 is 56.1 Å². The Balaban J connectivity index is 1.11. The lowest BCUT2D eigenvalue weighted by molar-refractivity contribution is -0.156. The van der Waals surface area contributed by atoms with E-state index < -0.39 is 78.1 Å². The number of esters is 1. The quantitative estimate of drug-likeness (QED) is 0.196. The van der Waals surface area contributed by atoms with Crippen LogP contribution in [0.5, 0.6) is 0 Å². The lowest BCUT2D eigenvalue weighted by Gasteiger charge is -2.42. The van der Waals surface area contributed by atoms with E-state index in [9.17, 15) is 37.1 Å². The van der Waals surface area contributed by atoms with Gasteiger partial charge in [0.2, 0.25) is 11.8 Å². The molecule has 3 aromatic rings. The second kappa shape index (κ2) is 21.9. The van der Waals surface area contributed by atoms with Gasteiger partial charge in [0, 0.05) is 81.5 Å². The zero-order valence-corrected chi connectivity index (χ0v) is 43.8. The van der Waals surface area contributed by atoms with E-state index in [0.29, 0.717) is 90.8 Å². The van der Waals surface area contributed by atoms with Gasteiger partial charge in [0.05, 0.1) is 49.0 Å². The fraction of sp³-hybridized carbons (Fsp3) is 0.623. The number of alkyl halides is 3. The molecule has 0 radical (unpaired) electrons. The number of methoxy groups -OCH3 is 1. The van der Waals surface area contributed by atoms with Crippen LogP contribution in [-0.2, 0) is 51.1 Å². The molecule has 5 aliphatic rings. The molecule has 7 atom stereocenters. The number of morpholine rings is 1. The number of likely N-dealkylation sites (tertiary alicyclic amines) is 1. The Hall–Kier alpha value is -5.61. The summed E-state index contributed by atoms with van der Waals surface area (Å²) in [5.41, 5.74) is 4.63. The fourth-order valence-corrected chi connectivity index (χ4v) is 11.4. The Kier molecular flexibility index (Phi) is 16.2. The van der Waals surface area contributed by atoms with E-state index >= 15 is 0 Å². The molecule has 2 aromatic heterocycles. The van der Waals surface area contributed by atoms with Crippen molar-refractivity contribution in [1.82, 2.24) is 44.9 Å². The SMILES string of the molecule is C=CC(=O)N1CC2(CCN(C(=O)N(C)[C@H](C(=O)N[C@H]3CN4CCO[C@H](C4)c4ccc5c(c4)c(c(-c4cccnc4[C@H](C)OC)n5CC(F)(F)F)CC(C)(C)COC(=O)[C@@H]4CCCN(N4)C3=O)C(C)C)CC2)O[C@@H]1C. The third-order valence-corrected chi connectivity index (χ3v) is 15.3. The molecule has 1 spiro atoms. The highest BCUT2D eigenvalue weighted by atomic mass is 19.4. The van der Waals surface area contributed by atoms with Crippen molar-refractivity contribution in [1.29, 1.82) is 0 Å². The maximum absolute atomic E-state index is 14.8. The molecule has 7 heterocycles. The molecular formula is C53H72F3N9O9. The number of ether oxygens (including phenoxy) is 4. The van der Waals surface area contributed by atoms with Gasteiger partial charge in [0.15, 0.2) is 0 Å². The minimum Gasteiger partial charge on any atom is -0.464 e. The fourth-order valence-electron chi connectivity index (χ4n) is 11.4. The highest BCUT2D eigenvalue weighted by Crippen LogP contribution is 2.43. The van der Waals surface area contributed by atoms with Gasteiger partial charge in [-0.15, -0.1) is 0 Å². The molecule has 8 rings (SSSR count). The summed E-state index contributed by atoms with van der Waals surface area (Å²) >= 11 is 0. The third kappa shape index (κ3) is 11.6. The number of piperidine rings is 1. The highest BCUT2D eigenvalue weighted by Gasteiger charge is 2.48. The minimum atomic E-state index is -4.60. The number of carbonyl (C=O) groups is 5. The zero-order valence-electron chi connectivity index (χ0n) is 43.8. The number of hydrogen-bond donors (Lipinski definition) is 2. The second-order valence-corrected chi connectivity index (χ2v) is 21.7. The van der Waals surface area contributed by atoms with Crippen LogP contribution in [0.1, 0.15) is 96.3 Å². The molecule has 1 unspecified atom stereocenters. The molecule has 4 fully saturated rings. The first kappa shape index (κ1) is 54.6. The number of likely N-dealkylation sites (N-methyl/N-ethyl adjacent to an activating group) is 1. The van der Waals surface area contributed by atoms with Crippen LogP contribution in [-0.4, -0.2) is 173 Å². The summed E-state index contributed by atoms with van der Waals surface area (Å²) in [5, 5.41) is 4.97. The number of cyclic esters (lactones) is 1. The summed E-state index contributed by atoms with van der Waals surface area (Å²) in [6.07, 6.45) is -1.31. The maximum Gasteiger partial charge on any atom is 0.406 e. The number of aromatic nitrogens is 2. The van der Waals surface area contributed by atoms with Crippen molar-refractivity contribution >= 4 is 40.6 Å². The molecule has 404 valence electrons. The molecule has 5 amide bonds. The summed E-state index contributed by atoms with van der Waals surface area (Å²) in [4.78, 5) is 81.6. The van der Waals surface area contributed by atoms with E-state index in [0.717, 1.165) is 0 Å². The molecule has 5 aliphatic heterocycles. The topological polar surface area (TPSA) is 180 Å². The van der Waals surface area contributed by atoms with Gasteiger partial charge < -0.3 is 43.5 Å². The first-order chi connectivity index (χ1) is 35.0. The molecule has 6 bridgehead atoms. The summed E-state index contributed by atoms with van der Waals surface area (Å²) in [6.45, 7) is 15.5. The lowest BCUT2D eigenvalue weighted by Crippen LogP contribution is -2.64. The summed E-state index contributed by atoms with van der Waals surface area (Å²) in [6, 6.07) is 5.37. The van der Waals surface area contributed by atoms with Crippen LogP contribution in [0.4, 0.5) is 18.0 Å². The number of halogens is 3. The number of hydrazine groups is 1. The van der Waals surface area contributed by atoms with E-state index in [-0.39, 0.29) is 57.1 Å². The van der Waals surface area contributed by atoms with Gasteiger partial charge in [-0.05, 0) is 93.3 Å². The van der Waals surface area contributed by atoms with Crippen molar-refractivity contribution in [2.24, 2.45) is 11.3 Å². The van der Waals surface area contributed by atoms with Crippen LogP contribution in [0.2, 0.25) is 0 Å². The zero-order chi connectivity index (χ0) is 53.4. The summed E-state index contributed by atoms with van der Waals surface area (Å²) < 4.78 is 69.9. The molecule has 2 N–H and O–H groups in total. The van der Waals surface area contributed by atoms with Crippen molar-refractivity contribution in [3.05, 3.63) is 66.0 Å². The Morgan fingerprint density at radius 3 is 2.51 bits per heavy atom. The maximum atomic E-state index is 14.8. The van der Waals surface area contributed by atoms with Gasteiger partial charge in [0.1, 0.15) is 30.9 Å². The van der Waals surface area contributed by atoms with Crippen molar-refractivity contribution in [2.45, 2.75) is 129 Å². The number of fused-ring (bicyclic) bond motifs is 6. The number of hydrogen-bond acceptors (Lipinski definition) is 12. The number of carbonyl (C=O) groups excluding carboxylic acids is 5. The highest BCUT2D eigenvalue weighted by molar-refractivity contribution is 5.94. The number of nitrogens with one attached hydrogen (secondary N) is 2. The van der Waals surface area contributed by atoms with Crippen molar-refractivity contribution in [3.63, 3.8) is 0 Å². The minimum absolute atomic E-state index is 0.0352. The van der Waals surface area contributed by atoms with Gasteiger partial charge in [0.25, 0.3) is 5.91 Å². The van der Waals surface area contributed by atoms with E-state index in [1.54, 1.807) is 54.2 Å². The lowest BCUT2D eigenvalue weighted by atomic mass is 9.84. The summed E-state index contributed by atoms with van der Waals surface area (Å²) in [5.74, 6) is -2.21. The normalized spacial score (nSPS) is 25.4. The molecule has 21 heteroatoms. The van der Waals surface area contributed by atoms with Crippen LogP contribution < -0.4 is 10.7 Å². The molecule has 1 aromatic carbocycles. The Labute approximate surface area is 430 Å². The van der Waals surface area contributed by atoms with Crippen LogP contribution in [0.25, 0.3) is 22.2 Å². The Morgan fingerprint density at radius 2 is 1.82 bits per heavy atom. The molecule has 0 aliphatic carbocycles. The van der Waals surface area contributed by atoms with Crippen LogP contribution in [0.15, 0.2) is 49.2 Å². The van der Waals surface area contributed by atoms with Crippen molar-refractivity contribution in [3.8, 4) is 11.3 Å². The molecule has 74 heavy (non-hydrogen) atoms. The number of urea groups is 1. The Bertz CT molecular complexity index is 2600. The van der Waals surface area contributed by atoms with Gasteiger partial charge in [-0.25, -0.2) is 10.2 Å². The summed E-state index contributed by atoms with van der Waals surface area (Å²) in [7, 11) is 3.10. The van der Waals surface area contributed by atoms with E-state index in [4.69, 9.17) is 18.9 Å². The Morgan fingerprint density at radius 1 is 1.08 bits per heavy atom. The van der Waals surface area contributed by atoms with Crippen molar-refractivity contribution in [2.75, 3.05) is 73.2 Å². The number of rotatable bonds is 9. The van der Waals surface area contributed by atoms with E-state index in [1.165, 1.54) is 27.7 Å². The average molecular weight is 1040 g/mol. The first-order valence-electron chi connectivity index (χ1n) is 25.7. The van der Waals surface area contributed by atoms with Crippen LogP contribution in [0.3, 0.4) is 0 Å². The van der Waals surface area contributed by atoms with Crippen LogP contribution in [0, 0.1) is 11.3 Å². The van der Waals surface area contributed by atoms with Gasteiger partial charge in [-0.3, -0.25) is 34.1 Å². The van der Waals surface area contributed by atoms with E-state index in [2.05, 4.69) is 22.3 Å². The van der Waals surface area contributed by atoms with Crippen LogP contribution >= 0.6 is 0 Å². The third-order valence-electron chi connectivity index (χ3n) is 15.3. The molecule has 18 nitrogen and oxygen atoms in total. The number of benzene rings is 1. The number of nitrogens with zero attached hydrogens (tertiary/aromatic N) is 7.